The van der Waals surface area contributed by atoms with Crippen LogP contribution < -0.4 is 14.8 Å². The molecule has 1 amide bonds. The maximum absolute atomic E-state index is 11.6. The average Bonchev–Trinajstić information content (AvgIpc) is 2.76. The number of nitrogens with one attached hydrogen (secondary N) is 1. The lowest BCUT2D eigenvalue weighted by Crippen LogP contribution is -2.06. The largest absolute Gasteiger partial charge is 0.497 e. The van der Waals surface area contributed by atoms with Crippen molar-refractivity contribution in [3.8, 4) is 11.5 Å². The average molecular weight is 439 g/mol. The molecule has 0 unspecified atom stereocenters. The molecular weight excluding hydrogens is 414 g/mol. The first kappa shape index (κ1) is 22.1. The zero-order valence-electron chi connectivity index (χ0n) is 17.2. The number of methoxy groups -OCH3 is 2. The highest BCUT2D eigenvalue weighted by Gasteiger charge is 2.01. The number of hydrogen-bond donors (Lipinski definition) is 1. The molecule has 3 rings (SSSR count). The van der Waals surface area contributed by atoms with Gasteiger partial charge in [0, 0.05) is 28.2 Å². The normalized spacial score (nSPS) is 10.5. The van der Waals surface area contributed by atoms with Crippen molar-refractivity contribution in [1.82, 2.24) is 0 Å². The van der Waals surface area contributed by atoms with E-state index in [-0.39, 0.29) is 5.91 Å². The summed E-state index contributed by atoms with van der Waals surface area (Å²) in [6.45, 7) is 1.52. The number of anilines is 1. The number of ether oxygens (including phenoxy) is 2. The SMILES string of the molecule is COc1ccc(SCc2[c-]c(CSc3ccc(OC)cc3)cc(NC(C)=O)c2)cc1. The fourth-order valence-corrected chi connectivity index (χ4v) is 4.40. The third-order valence-electron chi connectivity index (χ3n) is 4.21. The fourth-order valence-electron chi connectivity index (χ4n) is 2.79. The molecule has 4 nitrogen and oxygen atoms in total. The third-order valence-corrected chi connectivity index (χ3v) is 6.33. The number of carbonyl (C=O) groups excluding carboxylic acids is 1. The Balaban J connectivity index is 1.70. The molecule has 0 bridgehead atoms. The molecule has 0 spiro atoms. The molecule has 3 aromatic carbocycles. The first-order valence-corrected chi connectivity index (χ1v) is 11.4. The standard InChI is InChI=1S/C24H24NO3S2/c1-17(26)25-20-13-18(15-29-23-8-4-21(27-2)5-9-23)12-19(14-20)16-30-24-10-6-22(28-3)7-11-24/h4-11,13-14H,15-16H2,1-3H3,(H,25,26)/q-1. The quantitative estimate of drug-likeness (QED) is 0.326. The van der Waals surface area contributed by atoms with E-state index in [1.807, 2.05) is 60.7 Å². The van der Waals surface area contributed by atoms with Crippen LogP contribution in [0.1, 0.15) is 18.1 Å². The molecule has 1 N–H and O–H groups in total. The lowest BCUT2D eigenvalue weighted by molar-refractivity contribution is -0.114. The molecular formula is C24H24NO3S2-. The highest BCUT2D eigenvalue weighted by Crippen LogP contribution is 2.29. The Morgan fingerprint density at radius 1 is 0.833 bits per heavy atom. The van der Waals surface area contributed by atoms with Gasteiger partial charge in [-0.25, -0.2) is 0 Å². The Labute approximate surface area is 186 Å². The van der Waals surface area contributed by atoms with Gasteiger partial charge in [-0.05, 0) is 48.5 Å². The van der Waals surface area contributed by atoms with Crippen LogP contribution in [0.5, 0.6) is 11.5 Å². The van der Waals surface area contributed by atoms with Gasteiger partial charge in [-0.1, -0.05) is 5.69 Å². The second-order valence-corrected chi connectivity index (χ2v) is 8.63. The monoisotopic (exact) mass is 438 g/mol. The molecule has 0 fully saturated rings. The Morgan fingerprint density at radius 3 is 1.63 bits per heavy atom. The Kier molecular flexibility index (Phi) is 8.11. The van der Waals surface area contributed by atoms with Crippen molar-refractivity contribution >= 4 is 35.1 Å². The molecule has 0 aromatic heterocycles. The van der Waals surface area contributed by atoms with Crippen LogP contribution in [0.3, 0.4) is 0 Å². The Bertz CT molecular complexity index is 903. The van der Waals surface area contributed by atoms with Crippen molar-refractivity contribution in [1.29, 1.82) is 0 Å². The number of hydrogen-bond acceptors (Lipinski definition) is 5. The molecule has 3 aromatic rings. The van der Waals surface area contributed by atoms with Gasteiger partial charge in [-0.15, -0.1) is 46.8 Å². The van der Waals surface area contributed by atoms with Crippen molar-refractivity contribution in [2.45, 2.75) is 28.2 Å². The number of benzene rings is 3. The number of amides is 1. The van der Waals surface area contributed by atoms with Crippen LogP contribution in [0.4, 0.5) is 5.69 Å². The molecule has 0 atom stereocenters. The minimum atomic E-state index is -0.0799. The van der Waals surface area contributed by atoms with Gasteiger partial charge >= 0.3 is 0 Å². The molecule has 156 valence electrons. The van der Waals surface area contributed by atoms with Crippen molar-refractivity contribution in [3.05, 3.63) is 77.9 Å². The second kappa shape index (κ2) is 11.0. The summed E-state index contributed by atoms with van der Waals surface area (Å²) >= 11 is 3.45. The highest BCUT2D eigenvalue weighted by molar-refractivity contribution is 7.98. The van der Waals surface area contributed by atoms with Gasteiger partial charge in [0.05, 0.1) is 14.2 Å². The smallest absolute Gasteiger partial charge is 0.219 e. The molecule has 0 saturated carbocycles. The predicted molar refractivity (Wildman–Crippen MR) is 125 cm³/mol. The minimum Gasteiger partial charge on any atom is -0.497 e. The number of thioether (sulfide) groups is 2. The fraction of sp³-hybridized carbons (Fsp3) is 0.208. The Hall–Kier alpha value is -2.57. The minimum absolute atomic E-state index is 0.0799. The van der Waals surface area contributed by atoms with E-state index < -0.39 is 0 Å². The van der Waals surface area contributed by atoms with Crippen molar-refractivity contribution in [2.75, 3.05) is 19.5 Å². The summed E-state index contributed by atoms with van der Waals surface area (Å²) in [6.07, 6.45) is 0. The number of carbonyl (C=O) groups is 1. The Morgan fingerprint density at radius 2 is 1.27 bits per heavy atom. The van der Waals surface area contributed by atoms with Crippen LogP contribution in [0.25, 0.3) is 0 Å². The van der Waals surface area contributed by atoms with E-state index in [4.69, 9.17) is 9.47 Å². The van der Waals surface area contributed by atoms with Crippen molar-refractivity contribution in [2.24, 2.45) is 0 Å². The summed E-state index contributed by atoms with van der Waals surface area (Å²) in [5.74, 6) is 3.14. The summed E-state index contributed by atoms with van der Waals surface area (Å²) in [7, 11) is 3.33. The van der Waals surface area contributed by atoms with E-state index in [0.717, 1.165) is 49.6 Å². The van der Waals surface area contributed by atoms with E-state index in [0.29, 0.717) is 0 Å². The second-order valence-electron chi connectivity index (χ2n) is 6.53. The van der Waals surface area contributed by atoms with Gasteiger partial charge in [-0.3, -0.25) is 4.79 Å². The maximum Gasteiger partial charge on any atom is 0.219 e. The topological polar surface area (TPSA) is 47.6 Å². The lowest BCUT2D eigenvalue weighted by atomic mass is 10.1. The van der Waals surface area contributed by atoms with E-state index in [2.05, 4.69) is 11.4 Å². The van der Waals surface area contributed by atoms with E-state index in [1.165, 1.54) is 6.92 Å². The zero-order valence-corrected chi connectivity index (χ0v) is 18.9. The van der Waals surface area contributed by atoms with E-state index in [9.17, 15) is 4.79 Å². The zero-order chi connectivity index (χ0) is 21.3. The van der Waals surface area contributed by atoms with Crippen LogP contribution in [-0.4, -0.2) is 20.1 Å². The molecule has 0 heterocycles. The summed E-state index contributed by atoms with van der Waals surface area (Å²) in [6, 6.07) is 23.5. The molecule has 30 heavy (non-hydrogen) atoms. The van der Waals surface area contributed by atoms with Crippen molar-refractivity contribution < 1.29 is 14.3 Å². The van der Waals surface area contributed by atoms with Gasteiger partial charge in [-0.2, -0.15) is 6.07 Å². The van der Waals surface area contributed by atoms with Crippen LogP contribution in [0.2, 0.25) is 0 Å². The third kappa shape index (κ3) is 6.75. The first-order chi connectivity index (χ1) is 14.6. The summed E-state index contributed by atoms with van der Waals surface area (Å²) in [5.41, 5.74) is 2.90. The van der Waals surface area contributed by atoms with Gasteiger partial charge in [0.1, 0.15) is 11.5 Å². The van der Waals surface area contributed by atoms with Gasteiger partial charge in [0.2, 0.25) is 5.91 Å². The van der Waals surface area contributed by atoms with Crippen molar-refractivity contribution in [3.63, 3.8) is 0 Å². The highest BCUT2D eigenvalue weighted by atomic mass is 32.2. The van der Waals surface area contributed by atoms with Crippen LogP contribution in [0.15, 0.2) is 70.5 Å². The first-order valence-electron chi connectivity index (χ1n) is 9.42. The summed E-state index contributed by atoms with van der Waals surface area (Å²) in [5, 5.41) is 2.90. The molecule has 0 aliphatic heterocycles. The summed E-state index contributed by atoms with van der Waals surface area (Å²) in [4.78, 5) is 13.9. The van der Waals surface area contributed by atoms with Crippen LogP contribution >= 0.6 is 23.5 Å². The molecule has 0 aliphatic carbocycles. The van der Waals surface area contributed by atoms with Gasteiger partial charge in [0.25, 0.3) is 0 Å². The molecule has 0 saturated heterocycles. The predicted octanol–water partition coefficient (Wildman–Crippen LogP) is 6.05. The maximum atomic E-state index is 11.6. The van der Waals surface area contributed by atoms with Gasteiger partial charge < -0.3 is 14.8 Å². The van der Waals surface area contributed by atoms with E-state index in [1.54, 1.807) is 37.7 Å². The van der Waals surface area contributed by atoms with Crippen LogP contribution in [-0.2, 0) is 16.3 Å². The van der Waals surface area contributed by atoms with Gasteiger partial charge in [0.15, 0.2) is 0 Å². The van der Waals surface area contributed by atoms with Crippen LogP contribution in [0, 0.1) is 6.07 Å². The summed E-state index contributed by atoms with van der Waals surface area (Å²) < 4.78 is 10.4. The lowest BCUT2D eigenvalue weighted by Gasteiger charge is -2.18. The molecule has 6 heteroatoms. The molecule has 0 radical (unpaired) electrons. The van der Waals surface area contributed by atoms with E-state index >= 15 is 0 Å². The number of rotatable bonds is 9. The molecule has 0 aliphatic rings.